The number of rotatable bonds is 6. The second kappa shape index (κ2) is 10.2. The number of amides is 2. The van der Waals surface area contributed by atoms with Gasteiger partial charge in [0.1, 0.15) is 17.3 Å². The summed E-state index contributed by atoms with van der Waals surface area (Å²) in [6.45, 7) is 3.41. The Labute approximate surface area is 202 Å². The van der Waals surface area contributed by atoms with E-state index in [1.807, 2.05) is 19.1 Å². The molecule has 0 saturated heterocycles. The Morgan fingerprint density at radius 1 is 1.00 bits per heavy atom. The highest BCUT2D eigenvalue weighted by Gasteiger charge is 2.32. The van der Waals surface area contributed by atoms with Crippen molar-refractivity contribution in [2.24, 2.45) is 0 Å². The van der Waals surface area contributed by atoms with Crippen LogP contribution >= 0.6 is 11.6 Å². The summed E-state index contributed by atoms with van der Waals surface area (Å²) in [6.07, 6.45) is -5.78. The molecule has 184 valence electrons. The molecule has 0 aliphatic rings. The van der Waals surface area contributed by atoms with E-state index in [1.54, 1.807) is 12.1 Å². The number of benzene rings is 3. The van der Waals surface area contributed by atoms with Crippen LogP contribution in [0.2, 0.25) is 5.02 Å². The molecule has 0 bridgehead atoms. The van der Waals surface area contributed by atoms with Crippen molar-refractivity contribution in [3.05, 3.63) is 82.1 Å². The van der Waals surface area contributed by atoms with E-state index in [1.165, 1.54) is 6.92 Å². The predicted octanol–water partition coefficient (Wildman–Crippen LogP) is 6.17. The van der Waals surface area contributed by atoms with Crippen LogP contribution in [0.4, 0.5) is 28.9 Å². The summed E-state index contributed by atoms with van der Waals surface area (Å²) >= 11 is 6.14. The number of anilines is 2. The second-order valence-electron chi connectivity index (χ2n) is 7.59. The van der Waals surface area contributed by atoms with E-state index in [4.69, 9.17) is 16.3 Å². The van der Waals surface area contributed by atoms with E-state index in [2.05, 4.69) is 10.6 Å². The van der Waals surface area contributed by atoms with E-state index >= 15 is 0 Å². The minimum atomic E-state index is -4.86. The largest absolute Gasteiger partial charge is 0.506 e. The molecule has 6 nitrogen and oxygen atoms in total. The number of alkyl halides is 3. The molecule has 3 aromatic rings. The molecule has 3 rings (SSSR count). The van der Waals surface area contributed by atoms with Crippen LogP contribution < -0.4 is 15.4 Å². The van der Waals surface area contributed by atoms with E-state index in [0.29, 0.717) is 17.9 Å². The number of hydrogen-bond acceptors (Lipinski definition) is 4. The maximum Gasteiger partial charge on any atom is 0.416 e. The summed E-state index contributed by atoms with van der Waals surface area (Å²) in [7, 11) is 0. The van der Waals surface area contributed by atoms with Crippen LogP contribution in [-0.2, 0) is 11.0 Å². The van der Waals surface area contributed by atoms with Crippen molar-refractivity contribution >= 4 is 34.8 Å². The van der Waals surface area contributed by atoms with Crippen molar-refractivity contribution in [1.82, 2.24) is 0 Å². The number of phenols is 1. The molecule has 35 heavy (non-hydrogen) atoms. The highest BCUT2D eigenvalue weighted by Crippen LogP contribution is 2.35. The lowest BCUT2D eigenvalue weighted by atomic mass is 10.1. The van der Waals surface area contributed by atoms with Gasteiger partial charge in [0.05, 0.1) is 22.0 Å². The SMILES string of the molecule is Cc1ccc(OC(C)C(=O)Nc2cc(O)c(NC(=O)c3cc(F)cc(C(F)(F)F)c3)cc2Cl)cc1. The summed E-state index contributed by atoms with van der Waals surface area (Å²) in [4.78, 5) is 24.8. The van der Waals surface area contributed by atoms with E-state index in [-0.39, 0.29) is 22.5 Å². The Bertz CT molecular complexity index is 1260. The summed E-state index contributed by atoms with van der Waals surface area (Å²) in [6, 6.07) is 10.5. The van der Waals surface area contributed by atoms with Gasteiger partial charge in [-0.1, -0.05) is 29.3 Å². The molecule has 3 aromatic carbocycles. The zero-order valence-corrected chi connectivity index (χ0v) is 19.1. The number of hydrogen-bond donors (Lipinski definition) is 3. The monoisotopic (exact) mass is 510 g/mol. The van der Waals surface area contributed by atoms with Gasteiger partial charge < -0.3 is 20.5 Å². The summed E-state index contributed by atoms with van der Waals surface area (Å²) in [5.41, 5.74) is -1.21. The third kappa shape index (κ3) is 6.63. The van der Waals surface area contributed by atoms with Crippen molar-refractivity contribution in [1.29, 1.82) is 0 Å². The number of carbonyl (C=O) groups excluding carboxylic acids is 2. The minimum absolute atomic E-state index is 0.00312. The van der Waals surface area contributed by atoms with Gasteiger partial charge in [-0.2, -0.15) is 13.2 Å². The Hall–Kier alpha value is -3.79. The highest BCUT2D eigenvalue weighted by molar-refractivity contribution is 6.34. The first kappa shape index (κ1) is 25.8. The van der Waals surface area contributed by atoms with Crippen LogP contribution in [0.1, 0.15) is 28.4 Å². The van der Waals surface area contributed by atoms with Gasteiger partial charge in [-0.3, -0.25) is 9.59 Å². The Morgan fingerprint density at radius 3 is 2.29 bits per heavy atom. The van der Waals surface area contributed by atoms with Gasteiger partial charge in [0.15, 0.2) is 6.10 Å². The average Bonchev–Trinajstić information content (AvgIpc) is 2.77. The molecule has 0 fully saturated rings. The van der Waals surface area contributed by atoms with Crippen molar-refractivity contribution in [2.45, 2.75) is 26.1 Å². The Kier molecular flexibility index (Phi) is 7.54. The van der Waals surface area contributed by atoms with Gasteiger partial charge in [-0.15, -0.1) is 0 Å². The van der Waals surface area contributed by atoms with Gasteiger partial charge >= 0.3 is 6.18 Å². The first-order chi connectivity index (χ1) is 16.3. The molecule has 0 radical (unpaired) electrons. The topological polar surface area (TPSA) is 87.7 Å². The molecular weight excluding hydrogens is 492 g/mol. The molecule has 0 aliphatic carbocycles. The molecule has 11 heteroatoms. The summed E-state index contributed by atoms with van der Waals surface area (Å²) < 4.78 is 57.8. The summed E-state index contributed by atoms with van der Waals surface area (Å²) in [5, 5.41) is 14.8. The lowest BCUT2D eigenvalue weighted by Crippen LogP contribution is -2.30. The fourth-order valence-electron chi connectivity index (χ4n) is 2.95. The maximum atomic E-state index is 13.6. The fraction of sp³-hybridized carbons (Fsp3) is 0.167. The lowest BCUT2D eigenvalue weighted by molar-refractivity contribution is -0.137. The molecule has 0 aliphatic heterocycles. The number of aromatic hydroxyl groups is 1. The number of aryl methyl sites for hydroxylation is 1. The molecular formula is C24H19ClF4N2O4. The van der Waals surface area contributed by atoms with Gasteiger partial charge in [0.25, 0.3) is 11.8 Å². The first-order valence-corrected chi connectivity index (χ1v) is 10.5. The second-order valence-corrected chi connectivity index (χ2v) is 8.00. The predicted molar refractivity (Wildman–Crippen MR) is 122 cm³/mol. The van der Waals surface area contributed by atoms with Crippen LogP contribution in [0.15, 0.2) is 54.6 Å². The third-order valence-electron chi connectivity index (χ3n) is 4.78. The molecule has 0 saturated carbocycles. The molecule has 1 unspecified atom stereocenters. The van der Waals surface area contributed by atoms with Crippen molar-refractivity contribution in [3.63, 3.8) is 0 Å². The molecule has 3 N–H and O–H groups in total. The van der Waals surface area contributed by atoms with E-state index in [9.17, 15) is 32.3 Å². The molecule has 1 atom stereocenters. The van der Waals surface area contributed by atoms with E-state index < -0.39 is 46.8 Å². The van der Waals surface area contributed by atoms with Crippen molar-refractivity contribution in [2.75, 3.05) is 10.6 Å². The quantitative estimate of drug-likeness (QED) is 0.273. The first-order valence-electron chi connectivity index (χ1n) is 10.1. The number of phenolic OH excluding ortho intramolecular Hbond substituents is 1. The van der Waals surface area contributed by atoms with Gasteiger partial charge in [0, 0.05) is 11.6 Å². The van der Waals surface area contributed by atoms with Gasteiger partial charge in [-0.05, 0) is 50.2 Å². The average molecular weight is 511 g/mol. The van der Waals surface area contributed by atoms with Crippen molar-refractivity contribution < 1.29 is 37.0 Å². The minimum Gasteiger partial charge on any atom is -0.506 e. The number of carbonyl (C=O) groups is 2. The molecule has 0 aromatic heterocycles. The number of ether oxygens (including phenoxy) is 1. The zero-order chi connectivity index (χ0) is 25.9. The lowest BCUT2D eigenvalue weighted by Gasteiger charge is -2.17. The van der Waals surface area contributed by atoms with Crippen molar-refractivity contribution in [3.8, 4) is 11.5 Å². The smallest absolute Gasteiger partial charge is 0.416 e. The number of halogens is 5. The maximum absolute atomic E-state index is 13.6. The molecule has 0 heterocycles. The highest BCUT2D eigenvalue weighted by atomic mass is 35.5. The fourth-order valence-corrected chi connectivity index (χ4v) is 3.16. The standard InChI is InChI=1S/C24H19ClF4N2O4/c1-12-3-5-17(6-4-12)35-13(2)22(33)30-19-11-21(32)20(10-18(19)25)31-23(34)14-7-15(24(27,28)29)9-16(26)8-14/h3-11,13,32H,1-2H3,(H,30,33)(H,31,34). The van der Waals surface area contributed by atoms with Crippen LogP contribution in [0, 0.1) is 12.7 Å². The normalized spacial score (nSPS) is 12.1. The Morgan fingerprint density at radius 2 is 1.66 bits per heavy atom. The zero-order valence-electron chi connectivity index (χ0n) is 18.3. The van der Waals surface area contributed by atoms with Gasteiger partial charge in [0.2, 0.25) is 0 Å². The third-order valence-corrected chi connectivity index (χ3v) is 5.09. The van der Waals surface area contributed by atoms with E-state index in [0.717, 1.165) is 17.7 Å². The van der Waals surface area contributed by atoms with Crippen LogP contribution in [0.5, 0.6) is 11.5 Å². The van der Waals surface area contributed by atoms with Crippen LogP contribution in [-0.4, -0.2) is 23.0 Å². The number of nitrogens with one attached hydrogen (secondary N) is 2. The summed E-state index contributed by atoms with van der Waals surface area (Å²) in [5.74, 6) is -3.03. The van der Waals surface area contributed by atoms with Crippen LogP contribution in [0.25, 0.3) is 0 Å². The van der Waals surface area contributed by atoms with Gasteiger partial charge in [-0.25, -0.2) is 4.39 Å². The molecule has 2 amide bonds. The Balaban J connectivity index is 1.73. The van der Waals surface area contributed by atoms with Crippen LogP contribution in [0.3, 0.4) is 0 Å². The molecule has 0 spiro atoms.